The van der Waals surface area contributed by atoms with E-state index < -0.39 is 12.8 Å². The van der Waals surface area contributed by atoms with E-state index in [0.717, 1.165) is 17.9 Å². The summed E-state index contributed by atoms with van der Waals surface area (Å²) in [6.45, 7) is 3.54. The van der Waals surface area contributed by atoms with Gasteiger partial charge in [0.1, 0.15) is 6.61 Å². The van der Waals surface area contributed by atoms with Gasteiger partial charge in [0.2, 0.25) is 0 Å². The maximum absolute atomic E-state index is 11.7. The first-order valence-electron chi connectivity index (χ1n) is 5.41. The van der Waals surface area contributed by atoms with Gasteiger partial charge in [0.05, 0.1) is 6.61 Å². The Labute approximate surface area is 99.3 Å². The van der Waals surface area contributed by atoms with Gasteiger partial charge in [0.15, 0.2) is 0 Å². The van der Waals surface area contributed by atoms with Crippen molar-refractivity contribution in [3.63, 3.8) is 0 Å². The Morgan fingerprint density at radius 2 is 2.06 bits per heavy atom. The lowest BCUT2D eigenvalue weighted by Crippen LogP contribution is -2.31. The molecule has 0 radical (unpaired) electrons. The minimum absolute atomic E-state index is 0.102. The van der Waals surface area contributed by atoms with Gasteiger partial charge in [0.25, 0.3) is 0 Å². The highest BCUT2D eigenvalue weighted by atomic mass is 32.2. The molecule has 0 fully saturated rings. The topological polar surface area (TPSA) is 21.3 Å². The van der Waals surface area contributed by atoms with Crippen molar-refractivity contribution in [3.8, 4) is 0 Å². The van der Waals surface area contributed by atoms with E-state index in [1.165, 1.54) is 0 Å². The fourth-order valence-corrected chi connectivity index (χ4v) is 1.88. The minimum Gasteiger partial charge on any atom is -0.371 e. The first-order chi connectivity index (χ1) is 7.45. The lowest BCUT2D eigenvalue weighted by Gasteiger charge is -2.13. The molecule has 1 N–H and O–H groups in total. The smallest absolute Gasteiger partial charge is 0.371 e. The van der Waals surface area contributed by atoms with Crippen LogP contribution in [0.15, 0.2) is 0 Å². The number of hydrogen-bond donors (Lipinski definition) is 1. The average molecular weight is 259 g/mol. The molecule has 6 heteroatoms. The Morgan fingerprint density at radius 3 is 2.62 bits per heavy atom. The predicted molar refractivity (Wildman–Crippen MR) is 62.0 cm³/mol. The minimum atomic E-state index is -4.22. The second-order valence-corrected chi connectivity index (χ2v) is 4.90. The van der Waals surface area contributed by atoms with Crippen LogP contribution in [0.1, 0.15) is 20.3 Å². The van der Waals surface area contributed by atoms with E-state index in [4.69, 9.17) is 0 Å². The van der Waals surface area contributed by atoms with Gasteiger partial charge in [-0.3, -0.25) is 0 Å². The van der Waals surface area contributed by atoms with Crippen LogP contribution in [0.3, 0.4) is 0 Å². The van der Waals surface area contributed by atoms with Gasteiger partial charge in [-0.15, -0.1) is 0 Å². The molecule has 0 aromatic carbocycles. The van der Waals surface area contributed by atoms with E-state index >= 15 is 0 Å². The Morgan fingerprint density at radius 1 is 1.38 bits per heavy atom. The predicted octanol–water partition coefficient (Wildman–Crippen LogP) is 2.69. The van der Waals surface area contributed by atoms with E-state index in [0.29, 0.717) is 12.6 Å². The molecule has 0 saturated heterocycles. The van der Waals surface area contributed by atoms with Crippen LogP contribution in [-0.4, -0.2) is 43.5 Å². The van der Waals surface area contributed by atoms with Crippen LogP contribution in [0.2, 0.25) is 0 Å². The molecule has 0 amide bonds. The fraction of sp³-hybridized carbons (Fsp3) is 1.00. The molecule has 0 rings (SSSR count). The zero-order valence-electron chi connectivity index (χ0n) is 9.77. The molecule has 2 nitrogen and oxygen atoms in total. The second-order valence-electron chi connectivity index (χ2n) is 3.51. The Hall–Kier alpha value is 0.0600. The third-order valence-electron chi connectivity index (χ3n) is 1.90. The summed E-state index contributed by atoms with van der Waals surface area (Å²) in [6.07, 6.45) is -3.19. The number of nitrogens with one attached hydrogen (secondary N) is 1. The number of ether oxygens (including phenoxy) is 1. The molecule has 0 heterocycles. The van der Waals surface area contributed by atoms with Crippen molar-refractivity contribution in [3.05, 3.63) is 0 Å². The molecule has 0 aliphatic heterocycles. The van der Waals surface area contributed by atoms with Crippen molar-refractivity contribution in [1.29, 1.82) is 0 Å². The van der Waals surface area contributed by atoms with Gasteiger partial charge in [-0.1, -0.05) is 6.92 Å². The molecule has 0 aliphatic carbocycles. The van der Waals surface area contributed by atoms with Gasteiger partial charge >= 0.3 is 6.18 Å². The van der Waals surface area contributed by atoms with Crippen LogP contribution in [-0.2, 0) is 4.74 Å². The summed E-state index contributed by atoms with van der Waals surface area (Å²) in [5.41, 5.74) is 0. The van der Waals surface area contributed by atoms with E-state index in [2.05, 4.69) is 17.0 Å². The highest BCUT2D eigenvalue weighted by Crippen LogP contribution is 2.13. The van der Waals surface area contributed by atoms with E-state index in [1.807, 2.05) is 18.7 Å². The fourth-order valence-electron chi connectivity index (χ4n) is 1.07. The number of thioether (sulfide) groups is 1. The standard InChI is InChI=1S/C10H20F3NOS/c1-3-16-7-4-9(2)14-5-6-15-8-10(11,12)13/h9,14H,3-8H2,1-2H3. The van der Waals surface area contributed by atoms with Gasteiger partial charge < -0.3 is 10.1 Å². The molecular formula is C10H20F3NOS. The van der Waals surface area contributed by atoms with Crippen LogP contribution < -0.4 is 5.32 Å². The van der Waals surface area contributed by atoms with Gasteiger partial charge in [0, 0.05) is 12.6 Å². The average Bonchev–Trinajstić information content (AvgIpc) is 2.16. The third-order valence-corrected chi connectivity index (χ3v) is 2.84. The quantitative estimate of drug-likeness (QED) is 0.643. The van der Waals surface area contributed by atoms with Crippen LogP contribution in [0, 0.1) is 0 Å². The van der Waals surface area contributed by atoms with Crippen molar-refractivity contribution in [2.75, 3.05) is 31.3 Å². The molecule has 1 unspecified atom stereocenters. The highest BCUT2D eigenvalue weighted by Gasteiger charge is 2.27. The molecule has 16 heavy (non-hydrogen) atoms. The summed E-state index contributed by atoms with van der Waals surface area (Å²) in [6, 6.07) is 0.327. The van der Waals surface area contributed by atoms with Crippen molar-refractivity contribution >= 4 is 11.8 Å². The van der Waals surface area contributed by atoms with Crippen molar-refractivity contribution < 1.29 is 17.9 Å². The maximum atomic E-state index is 11.7. The second kappa shape index (κ2) is 9.13. The van der Waals surface area contributed by atoms with E-state index in [1.54, 1.807) is 0 Å². The lowest BCUT2D eigenvalue weighted by atomic mass is 10.2. The van der Waals surface area contributed by atoms with Crippen molar-refractivity contribution in [2.24, 2.45) is 0 Å². The zero-order valence-corrected chi connectivity index (χ0v) is 10.6. The Kier molecular flexibility index (Phi) is 9.16. The molecule has 0 aliphatic rings. The first-order valence-corrected chi connectivity index (χ1v) is 6.56. The molecule has 0 bridgehead atoms. The SMILES string of the molecule is CCSCCC(C)NCCOCC(F)(F)F. The largest absolute Gasteiger partial charge is 0.411 e. The molecule has 98 valence electrons. The summed E-state index contributed by atoms with van der Waals surface area (Å²) in [7, 11) is 0. The molecule has 0 aromatic heterocycles. The third kappa shape index (κ3) is 12.1. The summed E-state index contributed by atoms with van der Waals surface area (Å²) < 4.78 is 39.6. The lowest BCUT2D eigenvalue weighted by molar-refractivity contribution is -0.173. The van der Waals surface area contributed by atoms with Crippen molar-refractivity contribution in [1.82, 2.24) is 5.32 Å². The van der Waals surface area contributed by atoms with Crippen LogP contribution >= 0.6 is 11.8 Å². The molecule has 1 atom stereocenters. The van der Waals surface area contributed by atoms with Crippen LogP contribution in [0.5, 0.6) is 0 Å². The number of alkyl halides is 3. The van der Waals surface area contributed by atoms with E-state index in [9.17, 15) is 13.2 Å². The van der Waals surface area contributed by atoms with Gasteiger partial charge in [-0.2, -0.15) is 24.9 Å². The molecule has 0 spiro atoms. The van der Waals surface area contributed by atoms with E-state index in [-0.39, 0.29) is 6.61 Å². The Bertz CT molecular complexity index is 167. The summed E-state index contributed by atoms with van der Waals surface area (Å²) in [4.78, 5) is 0. The summed E-state index contributed by atoms with van der Waals surface area (Å²) >= 11 is 1.86. The monoisotopic (exact) mass is 259 g/mol. The molecule has 0 aromatic rings. The van der Waals surface area contributed by atoms with Crippen molar-refractivity contribution in [2.45, 2.75) is 32.5 Å². The summed E-state index contributed by atoms with van der Waals surface area (Å²) in [5.74, 6) is 2.18. The van der Waals surface area contributed by atoms with Gasteiger partial charge in [-0.25, -0.2) is 0 Å². The molecule has 0 saturated carbocycles. The maximum Gasteiger partial charge on any atom is 0.411 e. The summed E-state index contributed by atoms with van der Waals surface area (Å²) in [5, 5.41) is 3.12. The number of rotatable bonds is 9. The first kappa shape index (κ1) is 16.1. The van der Waals surface area contributed by atoms with Crippen LogP contribution in [0.4, 0.5) is 13.2 Å². The van der Waals surface area contributed by atoms with Crippen LogP contribution in [0.25, 0.3) is 0 Å². The normalized spacial score (nSPS) is 14.1. The molecular weight excluding hydrogens is 239 g/mol. The van der Waals surface area contributed by atoms with Gasteiger partial charge in [-0.05, 0) is 24.9 Å². The number of halogens is 3. The zero-order chi connectivity index (χ0) is 12.4. The highest BCUT2D eigenvalue weighted by molar-refractivity contribution is 7.99. The number of hydrogen-bond acceptors (Lipinski definition) is 3. The Balaban J connectivity index is 3.24.